The number of pyridine rings is 1. The van der Waals surface area contributed by atoms with Crippen LogP contribution in [0.2, 0.25) is 0 Å². The second-order valence-corrected chi connectivity index (χ2v) is 6.65. The Kier molecular flexibility index (Phi) is 4.38. The molecule has 4 rings (SSSR count). The molecule has 1 aliphatic heterocycles. The number of nitrogens with zero attached hydrogens (tertiary/aromatic N) is 2. The van der Waals surface area contributed by atoms with Crippen molar-refractivity contribution in [3.8, 4) is 11.3 Å². The van der Waals surface area contributed by atoms with Gasteiger partial charge in [0.1, 0.15) is 5.82 Å². The standard InChI is InChI=1S/C22H23N3/c1-17-10-12-19(13-11-17)23-20-7-4-6-18(16-20)21-8-5-9-22(24-21)25-14-2-3-15-25/h4-13,16,23H,2-3,14-15H2,1H3. The molecule has 2 aromatic carbocycles. The highest BCUT2D eigenvalue weighted by atomic mass is 15.2. The van der Waals surface area contributed by atoms with Crippen LogP contribution in [0.3, 0.4) is 0 Å². The third-order valence-corrected chi connectivity index (χ3v) is 4.66. The van der Waals surface area contributed by atoms with E-state index < -0.39 is 0 Å². The number of hydrogen-bond acceptors (Lipinski definition) is 3. The Morgan fingerprint density at radius 2 is 1.60 bits per heavy atom. The van der Waals surface area contributed by atoms with Crippen molar-refractivity contribution in [1.29, 1.82) is 0 Å². The van der Waals surface area contributed by atoms with Gasteiger partial charge in [-0.1, -0.05) is 35.9 Å². The zero-order valence-corrected chi connectivity index (χ0v) is 14.6. The molecule has 0 aliphatic carbocycles. The summed E-state index contributed by atoms with van der Waals surface area (Å²) in [7, 11) is 0. The lowest BCUT2D eigenvalue weighted by Gasteiger charge is -2.17. The van der Waals surface area contributed by atoms with E-state index in [1.807, 2.05) is 0 Å². The van der Waals surface area contributed by atoms with E-state index >= 15 is 0 Å². The lowest BCUT2D eigenvalue weighted by atomic mass is 10.1. The van der Waals surface area contributed by atoms with Crippen molar-refractivity contribution < 1.29 is 0 Å². The van der Waals surface area contributed by atoms with Gasteiger partial charge in [0, 0.05) is 30.0 Å². The molecule has 0 spiro atoms. The van der Waals surface area contributed by atoms with E-state index in [1.54, 1.807) is 0 Å². The van der Waals surface area contributed by atoms with Gasteiger partial charge in [-0.3, -0.25) is 0 Å². The van der Waals surface area contributed by atoms with E-state index in [1.165, 1.54) is 18.4 Å². The third kappa shape index (κ3) is 3.66. The predicted molar refractivity (Wildman–Crippen MR) is 106 cm³/mol. The molecular formula is C22H23N3. The number of benzene rings is 2. The van der Waals surface area contributed by atoms with Crippen molar-refractivity contribution in [2.75, 3.05) is 23.3 Å². The highest BCUT2D eigenvalue weighted by molar-refractivity contribution is 5.69. The van der Waals surface area contributed by atoms with Gasteiger partial charge in [-0.25, -0.2) is 4.98 Å². The summed E-state index contributed by atoms with van der Waals surface area (Å²) in [5.41, 5.74) is 5.61. The zero-order valence-electron chi connectivity index (χ0n) is 14.6. The van der Waals surface area contributed by atoms with Gasteiger partial charge in [0.15, 0.2) is 0 Å². The minimum Gasteiger partial charge on any atom is -0.357 e. The molecule has 1 saturated heterocycles. The quantitative estimate of drug-likeness (QED) is 0.694. The van der Waals surface area contributed by atoms with Crippen molar-refractivity contribution in [3.05, 3.63) is 72.3 Å². The summed E-state index contributed by atoms with van der Waals surface area (Å²) in [5, 5.41) is 3.47. The number of hydrogen-bond donors (Lipinski definition) is 1. The molecule has 3 nitrogen and oxygen atoms in total. The van der Waals surface area contributed by atoms with Gasteiger partial charge >= 0.3 is 0 Å². The molecule has 1 N–H and O–H groups in total. The molecule has 25 heavy (non-hydrogen) atoms. The Labute approximate surface area is 149 Å². The van der Waals surface area contributed by atoms with Crippen LogP contribution in [-0.4, -0.2) is 18.1 Å². The molecule has 1 aromatic heterocycles. The molecule has 0 saturated carbocycles. The van der Waals surface area contributed by atoms with E-state index in [-0.39, 0.29) is 0 Å². The highest BCUT2D eigenvalue weighted by Crippen LogP contribution is 2.26. The van der Waals surface area contributed by atoms with Crippen molar-refractivity contribution >= 4 is 17.2 Å². The molecule has 1 fully saturated rings. The summed E-state index contributed by atoms with van der Waals surface area (Å²) in [6.45, 7) is 4.33. The van der Waals surface area contributed by atoms with Crippen LogP contribution in [-0.2, 0) is 0 Å². The molecule has 0 amide bonds. The second kappa shape index (κ2) is 6.98. The Morgan fingerprint density at radius 3 is 2.40 bits per heavy atom. The van der Waals surface area contributed by atoms with E-state index in [0.29, 0.717) is 0 Å². The average Bonchev–Trinajstić information content (AvgIpc) is 3.19. The predicted octanol–water partition coefficient (Wildman–Crippen LogP) is 5.40. The first-order chi connectivity index (χ1) is 12.3. The molecule has 0 atom stereocenters. The summed E-state index contributed by atoms with van der Waals surface area (Å²) >= 11 is 0. The van der Waals surface area contributed by atoms with E-state index in [2.05, 4.69) is 83.9 Å². The molecule has 0 unspecified atom stereocenters. The first-order valence-corrected chi connectivity index (χ1v) is 8.94. The molecule has 1 aliphatic rings. The highest BCUT2D eigenvalue weighted by Gasteiger charge is 2.14. The van der Waals surface area contributed by atoms with Gasteiger partial charge in [-0.05, 0) is 56.2 Å². The molecule has 0 bridgehead atoms. The van der Waals surface area contributed by atoms with Crippen LogP contribution in [0.1, 0.15) is 18.4 Å². The van der Waals surface area contributed by atoms with E-state index in [0.717, 1.165) is 41.5 Å². The number of nitrogens with one attached hydrogen (secondary N) is 1. The smallest absolute Gasteiger partial charge is 0.129 e. The fraction of sp³-hybridized carbons (Fsp3) is 0.227. The average molecular weight is 329 g/mol. The van der Waals surface area contributed by atoms with E-state index in [4.69, 9.17) is 4.98 Å². The molecule has 2 heterocycles. The fourth-order valence-electron chi connectivity index (χ4n) is 3.27. The van der Waals surface area contributed by atoms with Gasteiger partial charge in [0.25, 0.3) is 0 Å². The maximum atomic E-state index is 4.88. The van der Waals surface area contributed by atoms with Crippen molar-refractivity contribution in [3.63, 3.8) is 0 Å². The van der Waals surface area contributed by atoms with Crippen LogP contribution in [0.15, 0.2) is 66.7 Å². The molecule has 3 heteroatoms. The molecular weight excluding hydrogens is 306 g/mol. The molecule has 3 aromatic rings. The van der Waals surface area contributed by atoms with Crippen LogP contribution in [0.4, 0.5) is 17.2 Å². The SMILES string of the molecule is Cc1ccc(Nc2cccc(-c3cccc(N4CCCC4)n3)c2)cc1. The van der Waals surface area contributed by atoms with Crippen LogP contribution in [0.25, 0.3) is 11.3 Å². The zero-order chi connectivity index (χ0) is 17.1. The van der Waals surface area contributed by atoms with E-state index in [9.17, 15) is 0 Å². The Hall–Kier alpha value is -2.81. The first kappa shape index (κ1) is 15.7. The maximum Gasteiger partial charge on any atom is 0.129 e. The van der Waals surface area contributed by atoms with Crippen LogP contribution < -0.4 is 10.2 Å². The summed E-state index contributed by atoms with van der Waals surface area (Å²) in [6, 6.07) is 23.2. The van der Waals surface area contributed by atoms with Crippen molar-refractivity contribution in [1.82, 2.24) is 4.98 Å². The van der Waals surface area contributed by atoms with Crippen LogP contribution >= 0.6 is 0 Å². The molecule has 126 valence electrons. The summed E-state index contributed by atoms with van der Waals surface area (Å²) in [4.78, 5) is 7.26. The Bertz CT molecular complexity index is 849. The summed E-state index contributed by atoms with van der Waals surface area (Å²) < 4.78 is 0. The van der Waals surface area contributed by atoms with Crippen LogP contribution in [0.5, 0.6) is 0 Å². The maximum absolute atomic E-state index is 4.88. The fourth-order valence-corrected chi connectivity index (χ4v) is 3.27. The Morgan fingerprint density at radius 1 is 0.840 bits per heavy atom. The minimum atomic E-state index is 1.02. The number of rotatable bonds is 4. The summed E-state index contributed by atoms with van der Waals surface area (Å²) in [6.07, 6.45) is 2.53. The van der Waals surface area contributed by atoms with Crippen molar-refractivity contribution in [2.45, 2.75) is 19.8 Å². The monoisotopic (exact) mass is 329 g/mol. The minimum absolute atomic E-state index is 1.02. The topological polar surface area (TPSA) is 28.2 Å². The lowest BCUT2D eigenvalue weighted by molar-refractivity contribution is 0.939. The molecule has 0 radical (unpaired) electrons. The lowest BCUT2D eigenvalue weighted by Crippen LogP contribution is -2.18. The third-order valence-electron chi connectivity index (χ3n) is 4.66. The summed E-state index contributed by atoms with van der Waals surface area (Å²) in [5.74, 6) is 1.09. The van der Waals surface area contributed by atoms with Crippen molar-refractivity contribution in [2.24, 2.45) is 0 Å². The number of aryl methyl sites for hydroxylation is 1. The van der Waals surface area contributed by atoms with Gasteiger partial charge < -0.3 is 10.2 Å². The van der Waals surface area contributed by atoms with Gasteiger partial charge in [-0.2, -0.15) is 0 Å². The van der Waals surface area contributed by atoms with Crippen LogP contribution in [0, 0.1) is 6.92 Å². The second-order valence-electron chi connectivity index (χ2n) is 6.65. The number of anilines is 3. The first-order valence-electron chi connectivity index (χ1n) is 8.94. The number of aromatic nitrogens is 1. The van der Waals surface area contributed by atoms with Gasteiger partial charge in [0.2, 0.25) is 0 Å². The van der Waals surface area contributed by atoms with Gasteiger partial charge in [-0.15, -0.1) is 0 Å². The largest absolute Gasteiger partial charge is 0.357 e. The normalized spacial score (nSPS) is 13.9. The van der Waals surface area contributed by atoms with Gasteiger partial charge in [0.05, 0.1) is 5.69 Å². The Balaban J connectivity index is 1.58.